The van der Waals surface area contributed by atoms with E-state index in [2.05, 4.69) is 26.0 Å². The predicted octanol–water partition coefficient (Wildman–Crippen LogP) is 5.70. The number of rotatable bonds is 1. The first kappa shape index (κ1) is 13.7. The van der Waals surface area contributed by atoms with Gasteiger partial charge in [-0.25, -0.2) is 0 Å². The molecule has 1 fully saturated rings. The van der Waals surface area contributed by atoms with E-state index in [-0.39, 0.29) is 0 Å². The molecule has 4 aliphatic rings. The Balaban J connectivity index is 1.63. The van der Waals surface area contributed by atoms with Gasteiger partial charge in [0.1, 0.15) is 0 Å². The van der Waals surface area contributed by atoms with E-state index in [1.807, 2.05) is 0 Å². The lowest BCUT2D eigenvalue weighted by Crippen LogP contribution is -2.42. The summed E-state index contributed by atoms with van der Waals surface area (Å²) in [7, 11) is 0. The Kier molecular flexibility index (Phi) is 3.10. The molecule has 1 N–H and O–H groups in total. The second kappa shape index (κ2) is 4.76. The fraction of sp³-hybridized carbons (Fsp3) is 0.700. The Hall–Kier alpha value is -0.980. The second-order valence-corrected chi connectivity index (χ2v) is 7.90. The van der Waals surface area contributed by atoms with Crippen molar-refractivity contribution < 1.29 is 5.11 Å². The molecular weight excluding hydrogens is 256 g/mol. The first-order chi connectivity index (χ1) is 10.1. The van der Waals surface area contributed by atoms with E-state index in [0.717, 1.165) is 30.6 Å². The van der Waals surface area contributed by atoms with E-state index in [0.29, 0.717) is 11.2 Å². The highest BCUT2D eigenvalue weighted by Gasteiger charge is 2.51. The molecule has 0 aromatic carbocycles. The highest BCUT2D eigenvalue weighted by atomic mass is 16.3. The third-order valence-electron chi connectivity index (χ3n) is 7.19. The molecule has 1 nitrogen and oxygen atoms in total. The number of fused-ring (bicyclic) bond motifs is 4. The van der Waals surface area contributed by atoms with Gasteiger partial charge >= 0.3 is 0 Å². The van der Waals surface area contributed by atoms with Crippen molar-refractivity contribution >= 4 is 0 Å². The van der Waals surface area contributed by atoms with Crippen LogP contribution in [-0.4, -0.2) is 5.11 Å². The maximum absolute atomic E-state index is 9.82. The molecule has 4 aliphatic carbocycles. The SMILES string of the molecule is CCC1=CCC2C3CCC4=C(CC=C(O)C4)C3CCC12C. The van der Waals surface area contributed by atoms with Gasteiger partial charge in [0.25, 0.3) is 0 Å². The normalized spacial score (nSPS) is 41.9. The van der Waals surface area contributed by atoms with Crippen molar-refractivity contribution in [2.75, 3.05) is 0 Å². The number of allylic oxidation sites excluding steroid dienone is 5. The molecule has 21 heavy (non-hydrogen) atoms. The van der Waals surface area contributed by atoms with Crippen LogP contribution in [0.5, 0.6) is 0 Å². The Bertz CT molecular complexity index is 550. The molecule has 114 valence electrons. The molecule has 1 saturated carbocycles. The summed E-state index contributed by atoms with van der Waals surface area (Å²) in [5.74, 6) is 3.22. The molecule has 4 rings (SSSR count). The quantitative estimate of drug-likeness (QED) is 0.612. The van der Waals surface area contributed by atoms with Crippen LogP contribution in [0.2, 0.25) is 0 Å². The standard InChI is InChI=1S/C20H28O/c1-3-14-5-9-19-18-7-4-13-12-15(21)6-8-16(13)17(18)10-11-20(14,19)2/h5-6,17-19,21H,3-4,7-12H2,1-2H3. The average Bonchev–Trinajstić information content (AvgIpc) is 2.83. The number of aliphatic hydroxyl groups excluding tert-OH is 1. The highest BCUT2D eigenvalue weighted by Crippen LogP contribution is 2.61. The Morgan fingerprint density at radius 2 is 2.14 bits per heavy atom. The maximum Gasteiger partial charge on any atom is 0.0926 e. The molecule has 0 radical (unpaired) electrons. The predicted molar refractivity (Wildman–Crippen MR) is 87.0 cm³/mol. The van der Waals surface area contributed by atoms with Gasteiger partial charge in [-0.2, -0.15) is 0 Å². The third-order valence-corrected chi connectivity index (χ3v) is 7.19. The molecule has 4 unspecified atom stereocenters. The lowest BCUT2D eigenvalue weighted by molar-refractivity contribution is 0.0548. The van der Waals surface area contributed by atoms with Crippen LogP contribution in [0.25, 0.3) is 0 Å². The van der Waals surface area contributed by atoms with Crippen LogP contribution in [0.1, 0.15) is 65.2 Å². The molecule has 0 aromatic rings. The molecule has 4 atom stereocenters. The topological polar surface area (TPSA) is 20.2 Å². The fourth-order valence-electron chi connectivity index (χ4n) is 6.11. The summed E-state index contributed by atoms with van der Waals surface area (Å²) in [6.45, 7) is 4.88. The molecule has 0 aliphatic heterocycles. The third kappa shape index (κ3) is 1.89. The van der Waals surface area contributed by atoms with Crippen LogP contribution >= 0.6 is 0 Å². The van der Waals surface area contributed by atoms with Gasteiger partial charge in [0.2, 0.25) is 0 Å². The van der Waals surface area contributed by atoms with Gasteiger partial charge in [0.05, 0.1) is 5.76 Å². The molecule has 0 spiro atoms. The summed E-state index contributed by atoms with van der Waals surface area (Å²) in [5, 5.41) is 9.82. The summed E-state index contributed by atoms with van der Waals surface area (Å²) < 4.78 is 0. The number of hydrogen-bond donors (Lipinski definition) is 1. The zero-order valence-electron chi connectivity index (χ0n) is 13.5. The van der Waals surface area contributed by atoms with Crippen molar-refractivity contribution in [3.05, 3.63) is 34.6 Å². The van der Waals surface area contributed by atoms with Crippen LogP contribution in [0, 0.1) is 23.2 Å². The molecule has 0 amide bonds. The minimum Gasteiger partial charge on any atom is -0.512 e. The molecule has 0 saturated heterocycles. The van der Waals surface area contributed by atoms with Crippen molar-refractivity contribution in [1.82, 2.24) is 0 Å². The van der Waals surface area contributed by atoms with Gasteiger partial charge in [-0.15, -0.1) is 0 Å². The first-order valence-electron chi connectivity index (χ1n) is 8.91. The average molecular weight is 284 g/mol. The summed E-state index contributed by atoms with van der Waals surface area (Å²) in [6, 6.07) is 0. The number of aliphatic hydroxyl groups is 1. The van der Waals surface area contributed by atoms with E-state index in [9.17, 15) is 5.11 Å². The minimum absolute atomic E-state index is 0.501. The second-order valence-electron chi connectivity index (χ2n) is 7.90. The smallest absolute Gasteiger partial charge is 0.0926 e. The Labute approximate surface area is 128 Å². The van der Waals surface area contributed by atoms with Gasteiger partial charge in [-0.1, -0.05) is 36.6 Å². The lowest BCUT2D eigenvalue weighted by Gasteiger charge is -2.51. The molecule has 0 heterocycles. The van der Waals surface area contributed by atoms with Gasteiger partial charge in [-0.3, -0.25) is 0 Å². The van der Waals surface area contributed by atoms with Crippen molar-refractivity contribution in [2.45, 2.75) is 65.2 Å². The summed E-state index contributed by atoms with van der Waals surface area (Å²) in [6.07, 6.45) is 14.4. The van der Waals surface area contributed by atoms with Gasteiger partial charge < -0.3 is 5.11 Å². The molecular formula is C20H28O. The largest absolute Gasteiger partial charge is 0.512 e. The van der Waals surface area contributed by atoms with E-state index in [1.165, 1.54) is 38.5 Å². The fourth-order valence-corrected chi connectivity index (χ4v) is 6.11. The van der Waals surface area contributed by atoms with E-state index in [4.69, 9.17) is 0 Å². The highest BCUT2D eigenvalue weighted by molar-refractivity contribution is 5.34. The van der Waals surface area contributed by atoms with Crippen LogP contribution in [0.15, 0.2) is 34.6 Å². The molecule has 1 heteroatoms. The van der Waals surface area contributed by atoms with Crippen LogP contribution < -0.4 is 0 Å². The van der Waals surface area contributed by atoms with Gasteiger partial charge in [0.15, 0.2) is 0 Å². The molecule has 0 aromatic heterocycles. The van der Waals surface area contributed by atoms with Crippen molar-refractivity contribution in [1.29, 1.82) is 0 Å². The van der Waals surface area contributed by atoms with Gasteiger partial charge in [0, 0.05) is 6.42 Å². The summed E-state index contributed by atoms with van der Waals surface area (Å²) >= 11 is 0. The number of hydrogen-bond acceptors (Lipinski definition) is 1. The maximum atomic E-state index is 9.82. The van der Waals surface area contributed by atoms with Gasteiger partial charge in [-0.05, 0) is 74.2 Å². The van der Waals surface area contributed by atoms with Crippen molar-refractivity contribution in [2.24, 2.45) is 23.2 Å². The zero-order valence-corrected chi connectivity index (χ0v) is 13.5. The molecule has 0 bridgehead atoms. The monoisotopic (exact) mass is 284 g/mol. The summed E-state index contributed by atoms with van der Waals surface area (Å²) in [5.41, 5.74) is 5.55. The minimum atomic E-state index is 0.501. The Morgan fingerprint density at radius 3 is 2.95 bits per heavy atom. The Morgan fingerprint density at radius 1 is 1.29 bits per heavy atom. The van der Waals surface area contributed by atoms with E-state index >= 15 is 0 Å². The summed E-state index contributed by atoms with van der Waals surface area (Å²) in [4.78, 5) is 0. The van der Waals surface area contributed by atoms with Crippen molar-refractivity contribution in [3.63, 3.8) is 0 Å². The first-order valence-corrected chi connectivity index (χ1v) is 8.91. The van der Waals surface area contributed by atoms with Crippen LogP contribution in [0.3, 0.4) is 0 Å². The van der Waals surface area contributed by atoms with E-state index < -0.39 is 0 Å². The van der Waals surface area contributed by atoms with Crippen molar-refractivity contribution in [3.8, 4) is 0 Å². The van der Waals surface area contributed by atoms with Crippen LogP contribution in [-0.2, 0) is 0 Å². The van der Waals surface area contributed by atoms with Crippen LogP contribution in [0.4, 0.5) is 0 Å². The van der Waals surface area contributed by atoms with E-state index in [1.54, 1.807) is 16.7 Å². The lowest BCUT2D eigenvalue weighted by atomic mass is 9.53. The zero-order chi connectivity index (χ0) is 14.6.